The van der Waals surface area contributed by atoms with Gasteiger partial charge in [0.2, 0.25) is 5.60 Å². The highest BCUT2D eigenvalue weighted by Crippen LogP contribution is 2.42. The van der Waals surface area contributed by atoms with Crippen molar-refractivity contribution in [2.24, 2.45) is 17.4 Å². The lowest BCUT2D eigenvalue weighted by atomic mass is 10.0. The maximum Gasteiger partial charge on any atom is 0.352 e. The van der Waals surface area contributed by atoms with Crippen molar-refractivity contribution in [2.45, 2.75) is 54.0 Å². The van der Waals surface area contributed by atoms with Crippen LogP contribution in [0.15, 0.2) is 84.2 Å². The number of pyridine rings is 1. The highest BCUT2D eigenvalue weighted by Gasteiger charge is 2.55. The van der Waals surface area contributed by atoms with Crippen LogP contribution in [-0.2, 0) is 56.8 Å². The Balaban J connectivity index is 0.000000214. The van der Waals surface area contributed by atoms with Gasteiger partial charge in [-0.25, -0.2) is 28.8 Å². The first kappa shape index (κ1) is 53.2. The van der Waals surface area contributed by atoms with Crippen LogP contribution in [0, 0.1) is 0 Å². The molecular weight excluding hydrogens is 1060 g/mol. The smallest absolute Gasteiger partial charge is 0.352 e. The van der Waals surface area contributed by atoms with Crippen molar-refractivity contribution in [1.29, 1.82) is 0 Å². The van der Waals surface area contributed by atoms with Gasteiger partial charge in [0.15, 0.2) is 45.8 Å². The van der Waals surface area contributed by atoms with E-state index in [-0.39, 0.29) is 67.7 Å². The summed E-state index contributed by atoms with van der Waals surface area (Å²) in [4.78, 5) is 123. The maximum atomic E-state index is 13.1. The standard InChI is InChI=1S/C22H22N6O7S2.C18H18N8O7S3/c1-22(2,20(33)34)35-26-13(12-10-37-21(23)24-12)16(29)25-14-17(30)28-15(19(31)32)11(9-36-18(14)28)8-27-6-4-3-5-7-27;1-25-18(22-12(28)13(29)23-25)36-4-6-3-34-15-9(14(30)26(15)10(6)16(31)32)21-11(27)8(24-33-2)7-5-35-17(19)20-7/h3-7,10,14,18H,8-9H2,1-2H3,(H4-,23,24,25,29,31,32,33,34);5,9,15H,3-4H2,1-2H3,(H2,19,20)(H,21,27)(H,23,29)(H,31,32)/b26-13-;24-8-/t14-,18-;9-,15-/m11/s1. The molecule has 28 nitrogen and oxygen atoms in total. The van der Waals surface area contributed by atoms with E-state index in [0.717, 1.165) is 44.2 Å². The lowest BCUT2D eigenvalue weighted by Gasteiger charge is -2.50. The number of aromatic nitrogens is 6. The molecule has 0 radical (unpaired) electrons. The minimum absolute atomic E-state index is 0.0265. The quantitative estimate of drug-likeness (QED) is 0.0189. The van der Waals surface area contributed by atoms with E-state index in [2.05, 4.69) is 41.0 Å². The van der Waals surface area contributed by atoms with Crippen molar-refractivity contribution in [1.82, 2.24) is 45.2 Å². The lowest BCUT2D eigenvalue weighted by Crippen LogP contribution is -2.71. The van der Waals surface area contributed by atoms with Crippen LogP contribution in [0.4, 0.5) is 10.3 Å². The molecule has 0 saturated carbocycles. The van der Waals surface area contributed by atoms with E-state index in [1.165, 1.54) is 67.0 Å². The number of carboxylic acids is 3. The minimum Gasteiger partial charge on any atom is -0.543 e. The number of nitrogen functional groups attached to an aromatic ring is 2. The third kappa shape index (κ3) is 11.4. The number of aromatic hydroxyl groups is 1. The Labute approximate surface area is 431 Å². The molecule has 8 heterocycles. The molecule has 4 aromatic rings. The average Bonchev–Trinajstić information content (AvgIpc) is 3.99. The molecule has 4 atom stereocenters. The second-order valence-electron chi connectivity index (χ2n) is 15.8. The molecule has 4 aromatic heterocycles. The van der Waals surface area contributed by atoms with Gasteiger partial charge in [-0.2, -0.15) is 4.98 Å². The number of carbonyl (C=O) groups is 7. The number of fused-ring (bicyclic) bond motifs is 2. The molecule has 0 unspecified atom stereocenters. The number of rotatable bonds is 17. The van der Waals surface area contributed by atoms with Crippen molar-refractivity contribution in [2.75, 3.05) is 35.8 Å². The maximum absolute atomic E-state index is 13.1. The highest BCUT2D eigenvalue weighted by atomic mass is 32.2. The average molecular weight is 1100 g/mol. The number of thioether (sulfide) groups is 3. The predicted octanol–water partition coefficient (Wildman–Crippen LogP) is -2.50. The van der Waals surface area contributed by atoms with Crippen LogP contribution in [0.1, 0.15) is 25.2 Å². The molecule has 0 aromatic carbocycles. The number of oxime groups is 2. The second-order valence-corrected chi connectivity index (χ2v) is 20.7. The molecule has 4 aliphatic heterocycles. The van der Waals surface area contributed by atoms with Crippen LogP contribution >= 0.6 is 58.0 Å². The topological polar surface area (TPSA) is 406 Å². The van der Waals surface area contributed by atoms with Crippen molar-refractivity contribution in [3.05, 3.63) is 85.6 Å². The van der Waals surface area contributed by atoms with Crippen LogP contribution in [-0.4, -0.2) is 156 Å². The van der Waals surface area contributed by atoms with Crippen molar-refractivity contribution >= 4 is 121 Å². The predicted molar refractivity (Wildman–Crippen MR) is 259 cm³/mol. The molecule has 0 aliphatic carbocycles. The fourth-order valence-electron chi connectivity index (χ4n) is 6.97. The zero-order valence-corrected chi connectivity index (χ0v) is 42.3. The number of carboxylic acid groups (broad SMARTS) is 3. The van der Waals surface area contributed by atoms with Gasteiger partial charge in [-0.3, -0.25) is 33.8 Å². The Bertz CT molecular complexity index is 3100. The van der Waals surface area contributed by atoms with Crippen LogP contribution in [0.25, 0.3) is 0 Å². The first-order valence-corrected chi connectivity index (χ1v) is 25.6. The summed E-state index contributed by atoms with van der Waals surface area (Å²) in [6, 6.07) is 3.37. The fourth-order valence-corrected chi connectivity index (χ4v) is 11.8. The Morgan fingerprint density at radius 1 is 0.863 bits per heavy atom. The van der Waals surface area contributed by atoms with E-state index < -0.39 is 81.4 Å². The number of nitrogens with zero attached hydrogens (tertiary/aromatic N) is 10. The number of nitrogens with one attached hydrogen (secondary N) is 2. The van der Waals surface area contributed by atoms with Gasteiger partial charge in [-0.15, -0.1) is 51.3 Å². The molecule has 4 aliphatic rings. The summed E-state index contributed by atoms with van der Waals surface area (Å²) in [6.45, 7) is 2.74. The van der Waals surface area contributed by atoms with E-state index in [9.17, 15) is 58.8 Å². The van der Waals surface area contributed by atoms with Crippen molar-refractivity contribution in [3.63, 3.8) is 0 Å². The normalized spacial score (nSPS) is 19.6. The number of nitrogens with two attached hydrogens (primary N) is 2. The SMILES string of the molecule is CC(C)(O/N=C(\C(=O)N[C@@H]1C(=O)N2C(C(=O)[O-])=C(C[n+]3ccccc3)CS[C@H]12)c1csc(N)n1)C(=O)O.CO/N=C(\C(=O)N[C@@H]1C(=O)N2C(C(=O)O)=C(CSc3nc(=O)c(O)nn3C)CS[C@H]12)c1csc(N)n1. The van der Waals surface area contributed by atoms with Gasteiger partial charge in [0.05, 0.1) is 11.7 Å². The number of amides is 4. The number of anilines is 2. The molecule has 2 fully saturated rings. The first-order chi connectivity index (χ1) is 34.6. The zero-order valence-electron chi connectivity index (χ0n) is 38.2. The van der Waals surface area contributed by atoms with Gasteiger partial charge in [0.1, 0.15) is 47.0 Å². The van der Waals surface area contributed by atoms with Crippen LogP contribution in [0.2, 0.25) is 0 Å². The highest BCUT2D eigenvalue weighted by molar-refractivity contribution is 8.01. The van der Waals surface area contributed by atoms with Crippen LogP contribution in [0.5, 0.6) is 5.88 Å². The first-order valence-electron chi connectivity index (χ1n) is 20.8. The summed E-state index contributed by atoms with van der Waals surface area (Å²) in [5.41, 5.74) is 8.77. The molecule has 8 rings (SSSR count). The molecule has 73 heavy (non-hydrogen) atoms. The van der Waals surface area contributed by atoms with Crippen LogP contribution in [0.3, 0.4) is 0 Å². The molecule has 33 heteroatoms. The Morgan fingerprint density at radius 3 is 1.89 bits per heavy atom. The Morgan fingerprint density at radius 2 is 1.40 bits per heavy atom. The van der Waals surface area contributed by atoms with Gasteiger partial charge in [0.25, 0.3) is 29.5 Å². The van der Waals surface area contributed by atoms with Crippen molar-refractivity contribution < 1.29 is 68.2 Å². The van der Waals surface area contributed by atoms with Gasteiger partial charge in [-0.05, 0) is 19.4 Å². The fraction of sp³-hybridized carbons (Fsp3) is 0.325. The number of thiazole rings is 2. The summed E-state index contributed by atoms with van der Waals surface area (Å²) in [7, 11) is 2.72. The van der Waals surface area contributed by atoms with Gasteiger partial charge in [-0.1, -0.05) is 28.1 Å². The van der Waals surface area contributed by atoms with Gasteiger partial charge in [0, 0.05) is 52.8 Å². The summed E-state index contributed by atoms with van der Waals surface area (Å²) in [6.07, 6.45) is 3.55. The summed E-state index contributed by atoms with van der Waals surface area (Å²) in [5.74, 6) is -7.05. The van der Waals surface area contributed by atoms with E-state index in [0.29, 0.717) is 16.9 Å². The molecule has 384 valence electrons. The summed E-state index contributed by atoms with van der Waals surface area (Å²) < 4.78 is 2.97. The number of hydrogen-bond donors (Lipinski definition) is 7. The van der Waals surface area contributed by atoms with Crippen molar-refractivity contribution in [3.8, 4) is 5.88 Å². The van der Waals surface area contributed by atoms with E-state index in [4.69, 9.17) is 21.1 Å². The lowest BCUT2D eigenvalue weighted by molar-refractivity contribution is -0.689. The minimum atomic E-state index is -1.75. The molecule has 9 N–H and O–H groups in total. The third-order valence-corrected chi connectivity index (χ3v) is 15.7. The Hall–Kier alpha value is -7.62. The monoisotopic (exact) mass is 1100 g/mol. The molecule has 4 amide bonds. The Kier molecular flexibility index (Phi) is 16.0. The molecular formula is C40H40N14O14S5. The van der Waals surface area contributed by atoms with E-state index in [1.54, 1.807) is 29.1 Å². The number of carbonyl (C=O) groups excluding carboxylic acids is 5. The number of β-lactam (4-membered cyclic amide) rings is 2. The number of aliphatic carboxylic acids is 3. The van der Waals surface area contributed by atoms with E-state index >= 15 is 0 Å². The number of hydrogen-bond acceptors (Lipinski definition) is 25. The van der Waals surface area contributed by atoms with Gasteiger partial charge >= 0.3 is 17.5 Å². The van der Waals surface area contributed by atoms with E-state index in [1.807, 2.05) is 6.07 Å². The summed E-state index contributed by atoms with van der Waals surface area (Å²) in [5, 5.41) is 58.7. The third-order valence-electron chi connectivity index (χ3n) is 10.5. The largest absolute Gasteiger partial charge is 0.543 e. The van der Waals surface area contributed by atoms with Crippen LogP contribution < -0.4 is 37.3 Å². The molecule has 2 saturated heterocycles. The molecule has 0 bridgehead atoms. The summed E-state index contributed by atoms with van der Waals surface area (Å²) >= 11 is 5.73. The molecule has 0 spiro atoms. The second kappa shape index (κ2) is 22.0. The number of aryl methyl sites for hydroxylation is 1. The van der Waals surface area contributed by atoms with Gasteiger partial charge < -0.3 is 57.0 Å². The zero-order chi connectivity index (χ0) is 53.1.